The van der Waals surface area contributed by atoms with Crippen LogP contribution in [-0.4, -0.2) is 39.6 Å². The summed E-state index contributed by atoms with van der Waals surface area (Å²) in [7, 11) is 0. The Labute approximate surface area is 163 Å². The highest BCUT2D eigenvalue weighted by Crippen LogP contribution is 2.21. The van der Waals surface area contributed by atoms with Crippen LogP contribution in [0.15, 0.2) is 54.9 Å². The zero-order valence-corrected chi connectivity index (χ0v) is 15.9. The average molecular weight is 381 g/mol. The second-order valence-corrected chi connectivity index (χ2v) is 7.38. The minimum Gasteiger partial charge on any atom is -0.490 e. The molecule has 2 aromatic carbocycles. The predicted octanol–water partition coefficient (Wildman–Crippen LogP) is 3.88. The van der Waals surface area contributed by atoms with Crippen molar-refractivity contribution in [1.82, 2.24) is 14.5 Å². The van der Waals surface area contributed by atoms with E-state index in [0.29, 0.717) is 25.4 Å². The van der Waals surface area contributed by atoms with Gasteiger partial charge in [-0.3, -0.25) is 4.79 Å². The molecule has 2 heterocycles. The number of hydrogen-bond donors (Lipinski definition) is 0. The molecule has 0 unspecified atom stereocenters. The molecule has 0 N–H and O–H groups in total. The number of rotatable bonds is 5. The molecule has 1 aliphatic rings. The molecule has 1 saturated heterocycles. The van der Waals surface area contributed by atoms with E-state index in [2.05, 4.69) is 4.98 Å². The molecule has 0 spiro atoms. The molecule has 146 valence electrons. The number of ether oxygens (including phenoxy) is 1. The number of nitrogens with zero attached hydrogens (tertiary/aromatic N) is 3. The first-order chi connectivity index (χ1) is 13.6. The third kappa shape index (κ3) is 4.01. The van der Waals surface area contributed by atoms with Crippen molar-refractivity contribution in [2.75, 3.05) is 13.1 Å². The first-order valence-corrected chi connectivity index (χ1v) is 9.71. The number of carbonyl (C=O) groups is 1. The quantitative estimate of drug-likeness (QED) is 0.674. The summed E-state index contributed by atoms with van der Waals surface area (Å²) in [4.78, 5) is 19.2. The number of likely N-dealkylation sites (tertiary alicyclic amines) is 1. The van der Waals surface area contributed by atoms with Gasteiger partial charge in [-0.1, -0.05) is 19.1 Å². The largest absolute Gasteiger partial charge is 0.490 e. The van der Waals surface area contributed by atoms with Gasteiger partial charge in [0.15, 0.2) is 0 Å². The first-order valence-electron chi connectivity index (χ1n) is 9.71. The van der Waals surface area contributed by atoms with Crippen molar-refractivity contribution >= 4 is 16.9 Å². The second-order valence-electron chi connectivity index (χ2n) is 7.38. The molecule has 6 heteroatoms. The summed E-state index contributed by atoms with van der Waals surface area (Å²) < 4.78 is 21.0. The zero-order chi connectivity index (χ0) is 19.5. The Morgan fingerprint density at radius 1 is 1.18 bits per heavy atom. The van der Waals surface area contributed by atoms with Gasteiger partial charge in [-0.25, -0.2) is 9.37 Å². The van der Waals surface area contributed by atoms with E-state index in [1.54, 1.807) is 18.5 Å². The van der Waals surface area contributed by atoms with Gasteiger partial charge in [0.25, 0.3) is 0 Å². The molecule has 1 aliphatic heterocycles. The molecule has 0 aliphatic carbocycles. The number of hydrogen-bond acceptors (Lipinski definition) is 3. The van der Waals surface area contributed by atoms with Crippen LogP contribution < -0.4 is 4.74 Å². The van der Waals surface area contributed by atoms with Crippen LogP contribution in [0.25, 0.3) is 11.0 Å². The first kappa shape index (κ1) is 18.5. The summed E-state index contributed by atoms with van der Waals surface area (Å²) in [6.45, 7) is 3.95. The lowest BCUT2D eigenvalue weighted by atomic mass is 10.0. The van der Waals surface area contributed by atoms with Gasteiger partial charge in [-0.15, -0.1) is 0 Å². The molecule has 4 rings (SSSR count). The maximum Gasteiger partial charge on any atom is 0.227 e. The number of benzene rings is 2. The number of para-hydroxylation sites is 2. The minimum atomic E-state index is -0.271. The molecular formula is C22H24FN3O2. The fourth-order valence-electron chi connectivity index (χ4n) is 3.74. The van der Waals surface area contributed by atoms with Crippen molar-refractivity contribution in [1.29, 1.82) is 0 Å². The van der Waals surface area contributed by atoms with Crippen LogP contribution in [0, 0.1) is 11.7 Å². The van der Waals surface area contributed by atoms with E-state index in [4.69, 9.17) is 4.74 Å². The highest BCUT2D eigenvalue weighted by atomic mass is 19.1. The van der Waals surface area contributed by atoms with Crippen molar-refractivity contribution in [3.63, 3.8) is 0 Å². The summed E-state index contributed by atoms with van der Waals surface area (Å²) in [6, 6.07) is 14.0. The Hall–Kier alpha value is -2.89. The van der Waals surface area contributed by atoms with E-state index in [1.807, 2.05) is 40.7 Å². The van der Waals surface area contributed by atoms with Gasteiger partial charge in [0, 0.05) is 32.5 Å². The van der Waals surface area contributed by atoms with Crippen LogP contribution in [0.4, 0.5) is 4.39 Å². The molecule has 1 amide bonds. The molecule has 5 nitrogen and oxygen atoms in total. The Kier molecular flexibility index (Phi) is 5.28. The lowest BCUT2D eigenvalue weighted by Gasteiger charge is -2.33. The molecular weight excluding hydrogens is 357 g/mol. The zero-order valence-electron chi connectivity index (χ0n) is 15.9. The third-order valence-corrected chi connectivity index (χ3v) is 5.29. The number of halogens is 1. The molecule has 3 aromatic rings. The molecule has 28 heavy (non-hydrogen) atoms. The SMILES string of the molecule is C[C@H](Cn1cnc2ccccc21)C(=O)N1CCC(Oc2ccc(F)cc2)CC1. The monoisotopic (exact) mass is 381 g/mol. The van der Waals surface area contributed by atoms with Crippen molar-refractivity contribution in [2.45, 2.75) is 32.4 Å². The van der Waals surface area contributed by atoms with E-state index < -0.39 is 0 Å². The van der Waals surface area contributed by atoms with Gasteiger partial charge in [0.1, 0.15) is 17.7 Å². The normalized spacial score (nSPS) is 16.3. The second kappa shape index (κ2) is 8.00. The van der Waals surface area contributed by atoms with Crippen LogP contribution in [-0.2, 0) is 11.3 Å². The van der Waals surface area contributed by atoms with E-state index >= 15 is 0 Å². The predicted molar refractivity (Wildman–Crippen MR) is 106 cm³/mol. The summed E-state index contributed by atoms with van der Waals surface area (Å²) in [5, 5.41) is 0. The van der Waals surface area contributed by atoms with Crippen molar-refractivity contribution in [3.05, 3.63) is 60.7 Å². The van der Waals surface area contributed by atoms with Gasteiger partial charge in [0.2, 0.25) is 5.91 Å². The molecule has 1 atom stereocenters. The van der Waals surface area contributed by atoms with Crippen LogP contribution in [0.5, 0.6) is 5.75 Å². The Morgan fingerprint density at radius 2 is 1.89 bits per heavy atom. The molecule has 1 aromatic heterocycles. The standard InChI is InChI=1S/C22H24FN3O2/c1-16(14-26-15-24-20-4-2-3-5-21(20)26)22(27)25-12-10-19(11-13-25)28-18-8-6-17(23)7-9-18/h2-9,15-16,19H,10-14H2,1H3/t16-/m1/s1. The number of imidazole rings is 1. The van der Waals surface area contributed by atoms with E-state index in [1.165, 1.54) is 12.1 Å². The Bertz CT molecular complexity index is 946. The van der Waals surface area contributed by atoms with E-state index in [-0.39, 0.29) is 23.7 Å². The lowest BCUT2D eigenvalue weighted by Crippen LogP contribution is -2.44. The summed E-state index contributed by atoms with van der Waals surface area (Å²) >= 11 is 0. The number of amides is 1. The van der Waals surface area contributed by atoms with Gasteiger partial charge >= 0.3 is 0 Å². The Balaban J connectivity index is 1.31. The summed E-state index contributed by atoms with van der Waals surface area (Å²) in [6.07, 6.45) is 3.42. The molecule has 0 saturated carbocycles. The minimum absolute atomic E-state index is 0.0578. The molecule has 1 fully saturated rings. The van der Waals surface area contributed by atoms with Gasteiger partial charge in [-0.05, 0) is 36.4 Å². The number of aromatic nitrogens is 2. The Morgan fingerprint density at radius 3 is 2.64 bits per heavy atom. The third-order valence-electron chi connectivity index (χ3n) is 5.29. The van der Waals surface area contributed by atoms with Crippen LogP contribution in [0.1, 0.15) is 19.8 Å². The van der Waals surface area contributed by atoms with Crippen LogP contribution in [0.3, 0.4) is 0 Å². The summed E-state index contributed by atoms with van der Waals surface area (Å²) in [5.41, 5.74) is 1.99. The summed E-state index contributed by atoms with van der Waals surface area (Å²) in [5.74, 6) is 0.448. The number of fused-ring (bicyclic) bond motifs is 1. The lowest BCUT2D eigenvalue weighted by molar-refractivity contribution is -0.137. The van der Waals surface area contributed by atoms with Gasteiger partial charge in [0.05, 0.1) is 23.3 Å². The fourth-order valence-corrected chi connectivity index (χ4v) is 3.74. The number of carbonyl (C=O) groups excluding carboxylic acids is 1. The van der Waals surface area contributed by atoms with E-state index in [9.17, 15) is 9.18 Å². The smallest absolute Gasteiger partial charge is 0.227 e. The van der Waals surface area contributed by atoms with E-state index in [0.717, 1.165) is 23.9 Å². The highest BCUT2D eigenvalue weighted by Gasteiger charge is 2.27. The topological polar surface area (TPSA) is 47.4 Å². The van der Waals surface area contributed by atoms with Gasteiger partial charge in [-0.2, -0.15) is 0 Å². The number of piperidine rings is 1. The maximum absolute atomic E-state index is 13.0. The van der Waals surface area contributed by atoms with Crippen LogP contribution >= 0.6 is 0 Å². The molecule has 0 radical (unpaired) electrons. The highest BCUT2D eigenvalue weighted by molar-refractivity contribution is 5.79. The van der Waals surface area contributed by atoms with Crippen molar-refractivity contribution in [2.24, 2.45) is 5.92 Å². The maximum atomic E-state index is 13.0. The van der Waals surface area contributed by atoms with Gasteiger partial charge < -0.3 is 14.2 Å². The fraction of sp³-hybridized carbons (Fsp3) is 0.364. The average Bonchev–Trinajstić information content (AvgIpc) is 3.13. The van der Waals surface area contributed by atoms with Crippen molar-refractivity contribution in [3.8, 4) is 5.75 Å². The molecule has 0 bridgehead atoms. The van der Waals surface area contributed by atoms with Crippen LogP contribution in [0.2, 0.25) is 0 Å². The van der Waals surface area contributed by atoms with Crippen molar-refractivity contribution < 1.29 is 13.9 Å².